The molecule has 0 amide bonds. The van der Waals surface area contributed by atoms with Gasteiger partial charge in [0.2, 0.25) is 0 Å². The number of anilines is 2. The van der Waals surface area contributed by atoms with E-state index in [9.17, 15) is 44.7 Å². The molecule has 4 unspecified atom stereocenters. The van der Waals surface area contributed by atoms with E-state index in [0.717, 1.165) is 17.0 Å². The normalized spacial score (nSPS) is 30.9. The van der Waals surface area contributed by atoms with Crippen molar-refractivity contribution in [3.05, 3.63) is 44.5 Å². The first-order valence-corrected chi connectivity index (χ1v) is 11.0. The van der Waals surface area contributed by atoms with Crippen LogP contribution in [0.15, 0.2) is 22.0 Å². The summed E-state index contributed by atoms with van der Waals surface area (Å²) in [5.41, 5.74) is 8.51. The highest BCUT2D eigenvalue weighted by Crippen LogP contribution is 2.30. The van der Waals surface area contributed by atoms with Crippen LogP contribution >= 0.6 is 0 Å². The van der Waals surface area contributed by atoms with E-state index >= 15 is 0 Å². The summed E-state index contributed by atoms with van der Waals surface area (Å²) in [6, 6.07) is 0. The first kappa shape index (κ1) is 27.3. The van der Waals surface area contributed by atoms with E-state index in [1.165, 1.54) is 0 Å². The van der Waals surface area contributed by atoms with E-state index in [0.29, 0.717) is 10.9 Å². The Balaban J connectivity index is 1.50. The second-order valence-electron chi connectivity index (χ2n) is 8.49. The zero-order valence-electron chi connectivity index (χ0n) is 19.3. The molecule has 8 atom stereocenters. The first-order valence-electron chi connectivity index (χ1n) is 11.0. The smallest absolute Gasteiger partial charge is 0.351 e. The van der Waals surface area contributed by atoms with Gasteiger partial charge in [0.05, 0.1) is 12.2 Å². The lowest BCUT2D eigenvalue weighted by atomic mass is 10.1. The molecule has 4 heterocycles. The number of aliphatic hydroxyl groups is 5. The SMILES string of the molecule is Nc1nc(=O)n([C@@H]2O[C@H](COC(=O)c3cn([C@@H]4O[C@H](CO)C(O)C4O)c(=O)nc3N)C(O)C2O)cc1C=O. The highest BCUT2D eigenvalue weighted by atomic mass is 16.6. The maximum Gasteiger partial charge on any atom is 0.351 e. The monoisotopic (exact) mass is 540 g/mol. The van der Waals surface area contributed by atoms with Gasteiger partial charge in [0.1, 0.15) is 60.4 Å². The van der Waals surface area contributed by atoms with Crippen molar-refractivity contribution in [3.8, 4) is 0 Å². The third-order valence-corrected chi connectivity index (χ3v) is 6.12. The third-order valence-electron chi connectivity index (χ3n) is 6.12. The minimum absolute atomic E-state index is 0.169. The van der Waals surface area contributed by atoms with Gasteiger partial charge in [0.25, 0.3) is 0 Å². The molecule has 2 fully saturated rings. The predicted octanol–water partition coefficient (Wildman–Crippen LogP) is -5.14. The van der Waals surface area contributed by atoms with Gasteiger partial charge in [-0.2, -0.15) is 9.97 Å². The number of aliphatic hydroxyl groups excluding tert-OH is 5. The summed E-state index contributed by atoms with van der Waals surface area (Å²) < 4.78 is 17.3. The van der Waals surface area contributed by atoms with Gasteiger partial charge < -0.3 is 51.2 Å². The molecule has 0 saturated carbocycles. The molecular formula is C20H24N6O12. The Hall–Kier alpha value is -3.78. The number of nitrogens with zero attached hydrogens (tertiary/aromatic N) is 4. The molecule has 0 bridgehead atoms. The Morgan fingerprint density at radius 2 is 1.45 bits per heavy atom. The van der Waals surface area contributed by atoms with Crippen molar-refractivity contribution in [3.63, 3.8) is 0 Å². The van der Waals surface area contributed by atoms with Gasteiger partial charge in [-0.1, -0.05) is 0 Å². The molecule has 2 saturated heterocycles. The molecule has 4 rings (SSSR count). The summed E-state index contributed by atoms with van der Waals surface area (Å²) in [6.07, 6.45) is -9.92. The zero-order valence-corrected chi connectivity index (χ0v) is 19.3. The van der Waals surface area contributed by atoms with E-state index in [-0.39, 0.29) is 11.4 Å². The van der Waals surface area contributed by atoms with Crippen LogP contribution < -0.4 is 22.8 Å². The molecule has 2 aromatic rings. The van der Waals surface area contributed by atoms with Crippen molar-refractivity contribution >= 4 is 23.9 Å². The summed E-state index contributed by atoms with van der Waals surface area (Å²) in [6.45, 7) is -1.33. The van der Waals surface area contributed by atoms with E-state index < -0.39 is 91.0 Å². The number of esters is 1. The lowest BCUT2D eigenvalue weighted by molar-refractivity contribution is -0.0602. The number of rotatable bonds is 7. The van der Waals surface area contributed by atoms with Crippen LogP contribution in [-0.4, -0.2) is 107 Å². The van der Waals surface area contributed by atoms with Crippen LogP contribution in [0, 0.1) is 0 Å². The fourth-order valence-corrected chi connectivity index (χ4v) is 4.03. The summed E-state index contributed by atoms with van der Waals surface area (Å²) >= 11 is 0. The predicted molar refractivity (Wildman–Crippen MR) is 120 cm³/mol. The summed E-state index contributed by atoms with van der Waals surface area (Å²) in [5.74, 6) is -2.04. The lowest BCUT2D eigenvalue weighted by Gasteiger charge is -2.19. The molecule has 0 aromatic carbocycles. The zero-order chi connectivity index (χ0) is 27.9. The second-order valence-corrected chi connectivity index (χ2v) is 8.49. The fraction of sp³-hybridized carbons (Fsp3) is 0.500. The Morgan fingerprint density at radius 3 is 2.00 bits per heavy atom. The number of nitrogens with two attached hydrogens (primary N) is 2. The standard InChI is InChI=1S/C20H24N6O12/c21-14-6(3-27)1-25(19(34)23-14)16-13(32)11(30)9(38-16)5-36-18(33)7-2-26(20(35)24-15(7)22)17-12(31)10(29)8(4-28)37-17/h1-3,8-13,16-17,28-32H,4-5H2,(H2,21,23,34)(H2,22,24,35)/t8-,9-,10?,11?,12?,13?,16-,17-/m1/s1. The van der Waals surface area contributed by atoms with Crippen LogP contribution in [0.3, 0.4) is 0 Å². The molecule has 0 spiro atoms. The summed E-state index contributed by atoms with van der Waals surface area (Å²) in [4.78, 5) is 55.3. The molecule has 0 aliphatic carbocycles. The van der Waals surface area contributed by atoms with E-state index in [1.807, 2.05) is 0 Å². The van der Waals surface area contributed by atoms with Crippen LogP contribution in [0.5, 0.6) is 0 Å². The number of hydrogen-bond acceptors (Lipinski definition) is 16. The molecule has 206 valence electrons. The van der Waals surface area contributed by atoms with Crippen molar-refractivity contribution in [1.29, 1.82) is 0 Å². The Bertz CT molecular complexity index is 1350. The fourth-order valence-electron chi connectivity index (χ4n) is 4.03. The summed E-state index contributed by atoms with van der Waals surface area (Å²) in [7, 11) is 0. The van der Waals surface area contributed by atoms with Gasteiger partial charge in [-0.3, -0.25) is 13.9 Å². The average molecular weight is 540 g/mol. The van der Waals surface area contributed by atoms with Crippen molar-refractivity contribution in [2.75, 3.05) is 24.7 Å². The van der Waals surface area contributed by atoms with Crippen molar-refractivity contribution < 1.29 is 49.3 Å². The molecule has 18 heteroatoms. The van der Waals surface area contributed by atoms with E-state index in [4.69, 9.17) is 25.7 Å². The van der Waals surface area contributed by atoms with Crippen molar-refractivity contribution in [2.24, 2.45) is 0 Å². The summed E-state index contributed by atoms with van der Waals surface area (Å²) in [5, 5.41) is 50.1. The molecule has 9 N–H and O–H groups in total. The quantitative estimate of drug-likeness (QED) is 0.128. The molecular weight excluding hydrogens is 516 g/mol. The molecule has 18 nitrogen and oxygen atoms in total. The second kappa shape index (κ2) is 10.5. The maximum absolute atomic E-state index is 12.7. The van der Waals surface area contributed by atoms with Gasteiger partial charge >= 0.3 is 17.3 Å². The number of aldehydes is 1. The molecule has 2 aliphatic rings. The minimum atomic E-state index is -1.69. The molecule has 2 aromatic heterocycles. The molecule has 0 radical (unpaired) electrons. The first-order chi connectivity index (χ1) is 18.0. The third kappa shape index (κ3) is 4.76. The van der Waals surface area contributed by atoms with Crippen LogP contribution in [0.25, 0.3) is 0 Å². The average Bonchev–Trinajstić information content (AvgIpc) is 3.32. The highest BCUT2D eigenvalue weighted by Gasteiger charge is 2.46. The topological polar surface area (TPSA) is 285 Å². The van der Waals surface area contributed by atoms with Gasteiger partial charge in [0.15, 0.2) is 18.7 Å². The highest BCUT2D eigenvalue weighted by molar-refractivity contribution is 5.93. The number of aromatic nitrogens is 4. The Morgan fingerprint density at radius 1 is 0.921 bits per heavy atom. The largest absolute Gasteiger partial charge is 0.459 e. The van der Waals surface area contributed by atoms with Crippen LogP contribution in [0.4, 0.5) is 11.6 Å². The van der Waals surface area contributed by atoms with Gasteiger partial charge in [-0.15, -0.1) is 0 Å². The molecule has 2 aliphatic heterocycles. The molecule has 38 heavy (non-hydrogen) atoms. The maximum atomic E-state index is 12.7. The minimum Gasteiger partial charge on any atom is -0.459 e. The Labute approximate surface area is 211 Å². The Kier molecular flexibility index (Phi) is 7.56. The number of carbonyl (C=O) groups is 2. The lowest BCUT2D eigenvalue weighted by Crippen LogP contribution is -2.37. The van der Waals surface area contributed by atoms with E-state index in [2.05, 4.69) is 9.97 Å². The number of hydrogen-bond donors (Lipinski definition) is 7. The van der Waals surface area contributed by atoms with Gasteiger partial charge in [-0.05, 0) is 0 Å². The van der Waals surface area contributed by atoms with Crippen LogP contribution in [-0.2, 0) is 14.2 Å². The van der Waals surface area contributed by atoms with Crippen LogP contribution in [0.2, 0.25) is 0 Å². The van der Waals surface area contributed by atoms with Crippen molar-refractivity contribution in [1.82, 2.24) is 19.1 Å². The number of nitrogen functional groups attached to an aromatic ring is 2. The van der Waals surface area contributed by atoms with Gasteiger partial charge in [0, 0.05) is 12.4 Å². The van der Waals surface area contributed by atoms with E-state index in [1.54, 1.807) is 0 Å². The van der Waals surface area contributed by atoms with Crippen LogP contribution in [0.1, 0.15) is 33.2 Å². The van der Waals surface area contributed by atoms with Gasteiger partial charge in [-0.25, -0.2) is 14.4 Å². The number of carbonyl (C=O) groups excluding carboxylic acids is 2. The van der Waals surface area contributed by atoms with Crippen molar-refractivity contribution in [2.45, 2.75) is 49.1 Å². The number of ether oxygens (including phenoxy) is 3.